The zero-order chi connectivity index (χ0) is 14.0. The predicted molar refractivity (Wildman–Crippen MR) is 71.9 cm³/mol. The molecule has 0 amide bonds. The van der Waals surface area contributed by atoms with Crippen molar-refractivity contribution in [2.75, 3.05) is 54.2 Å². The SMILES string of the molecule is COCCN(CCOC)CCC(O)C(C)(C)OC. The summed E-state index contributed by atoms with van der Waals surface area (Å²) in [4.78, 5) is 2.22. The molecule has 18 heavy (non-hydrogen) atoms. The van der Waals surface area contributed by atoms with Crippen molar-refractivity contribution in [2.24, 2.45) is 0 Å². The third-order valence-electron chi connectivity index (χ3n) is 3.27. The molecule has 0 bridgehead atoms. The second kappa shape index (κ2) is 9.69. The molecule has 0 aliphatic heterocycles. The van der Waals surface area contributed by atoms with Crippen molar-refractivity contribution in [1.82, 2.24) is 4.90 Å². The second-order valence-corrected chi connectivity index (χ2v) is 4.94. The van der Waals surface area contributed by atoms with Crippen LogP contribution in [0, 0.1) is 0 Å². The molecule has 0 aliphatic carbocycles. The van der Waals surface area contributed by atoms with Crippen LogP contribution in [0.5, 0.6) is 0 Å². The van der Waals surface area contributed by atoms with Crippen LogP contribution in [0.3, 0.4) is 0 Å². The number of aliphatic hydroxyl groups excluding tert-OH is 1. The van der Waals surface area contributed by atoms with E-state index < -0.39 is 11.7 Å². The predicted octanol–water partition coefficient (Wildman–Crippen LogP) is 0.757. The lowest BCUT2D eigenvalue weighted by Crippen LogP contribution is -2.41. The molecule has 0 fully saturated rings. The van der Waals surface area contributed by atoms with Gasteiger partial charge in [-0.2, -0.15) is 0 Å². The summed E-state index contributed by atoms with van der Waals surface area (Å²) >= 11 is 0. The van der Waals surface area contributed by atoms with Crippen LogP contribution in [0.1, 0.15) is 20.3 Å². The van der Waals surface area contributed by atoms with Crippen LogP contribution >= 0.6 is 0 Å². The van der Waals surface area contributed by atoms with E-state index in [0.717, 1.165) is 19.6 Å². The lowest BCUT2D eigenvalue weighted by Gasteiger charge is -2.31. The molecule has 0 spiro atoms. The molecule has 0 aromatic heterocycles. The Hall–Kier alpha value is -0.200. The van der Waals surface area contributed by atoms with Crippen molar-refractivity contribution >= 4 is 0 Å². The van der Waals surface area contributed by atoms with Crippen molar-refractivity contribution < 1.29 is 19.3 Å². The van der Waals surface area contributed by atoms with Crippen LogP contribution in [0.4, 0.5) is 0 Å². The van der Waals surface area contributed by atoms with Gasteiger partial charge in [0.05, 0.1) is 24.9 Å². The molecule has 0 aliphatic rings. The Balaban J connectivity index is 4.07. The third-order valence-corrected chi connectivity index (χ3v) is 3.27. The van der Waals surface area contributed by atoms with E-state index in [1.165, 1.54) is 0 Å². The Kier molecular flexibility index (Phi) is 9.59. The van der Waals surface area contributed by atoms with Gasteiger partial charge in [0.25, 0.3) is 0 Å². The van der Waals surface area contributed by atoms with E-state index in [9.17, 15) is 5.11 Å². The average molecular weight is 263 g/mol. The minimum Gasteiger partial charge on any atom is -0.390 e. The van der Waals surface area contributed by atoms with Crippen LogP contribution in [-0.4, -0.2) is 75.9 Å². The van der Waals surface area contributed by atoms with Gasteiger partial charge in [0, 0.05) is 41.0 Å². The lowest BCUT2D eigenvalue weighted by atomic mass is 9.98. The maximum atomic E-state index is 10.1. The number of hydrogen-bond donors (Lipinski definition) is 1. The van der Waals surface area contributed by atoms with Crippen molar-refractivity contribution in [3.8, 4) is 0 Å². The van der Waals surface area contributed by atoms with E-state index in [1.807, 2.05) is 13.8 Å². The topological polar surface area (TPSA) is 51.2 Å². The van der Waals surface area contributed by atoms with Gasteiger partial charge < -0.3 is 19.3 Å². The molecule has 1 atom stereocenters. The van der Waals surface area contributed by atoms with Gasteiger partial charge in [0.15, 0.2) is 0 Å². The van der Waals surface area contributed by atoms with Gasteiger partial charge in [-0.15, -0.1) is 0 Å². The Labute approximate surface area is 111 Å². The van der Waals surface area contributed by atoms with Gasteiger partial charge in [-0.1, -0.05) is 0 Å². The van der Waals surface area contributed by atoms with E-state index in [-0.39, 0.29) is 0 Å². The molecule has 5 heteroatoms. The number of methoxy groups -OCH3 is 3. The average Bonchev–Trinajstić information content (AvgIpc) is 2.37. The molecule has 0 rings (SSSR count). The largest absolute Gasteiger partial charge is 0.390 e. The van der Waals surface area contributed by atoms with Gasteiger partial charge in [-0.05, 0) is 20.3 Å². The first-order valence-corrected chi connectivity index (χ1v) is 6.41. The maximum Gasteiger partial charge on any atom is 0.0880 e. The highest BCUT2D eigenvalue weighted by molar-refractivity contribution is 4.79. The van der Waals surface area contributed by atoms with Crippen LogP contribution in [-0.2, 0) is 14.2 Å². The molecule has 1 unspecified atom stereocenters. The van der Waals surface area contributed by atoms with E-state index in [0.29, 0.717) is 19.6 Å². The molecule has 0 saturated carbocycles. The van der Waals surface area contributed by atoms with Gasteiger partial charge in [-0.25, -0.2) is 0 Å². The normalized spacial score (nSPS) is 14.2. The van der Waals surface area contributed by atoms with E-state index in [4.69, 9.17) is 14.2 Å². The standard InChI is InChI=1S/C13H29NO4/c1-13(2,18-5)12(15)6-7-14(8-10-16-3)9-11-17-4/h12,15H,6-11H2,1-5H3. The first-order chi connectivity index (χ1) is 8.47. The fourth-order valence-electron chi connectivity index (χ4n) is 1.56. The minimum absolute atomic E-state index is 0.477. The Bertz CT molecular complexity index is 191. The minimum atomic E-state index is -0.506. The smallest absolute Gasteiger partial charge is 0.0880 e. The van der Waals surface area contributed by atoms with Gasteiger partial charge in [0.1, 0.15) is 0 Å². The number of nitrogens with zero attached hydrogens (tertiary/aromatic N) is 1. The van der Waals surface area contributed by atoms with Crippen molar-refractivity contribution in [3.63, 3.8) is 0 Å². The first kappa shape index (κ1) is 17.8. The fourth-order valence-corrected chi connectivity index (χ4v) is 1.56. The molecule has 0 aromatic carbocycles. The van der Waals surface area contributed by atoms with Crippen molar-refractivity contribution in [1.29, 1.82) is 0 Å². The summed E-state index contributed by atoms with van der Waals surface area (Å²) in [5, 5.41) is 10.1. The molecule has 110 valence electrons. The highest BCUT2D eigenvalue weighted by Gasteiger charge is 2.27. The van der Waals surface area contributed by atoms with Crippen molar-refractivity contribution in [2.45, 2.75) is 32.0 Å². The highest BCUT2D eigenvalue weighted by atomic mass is 16.5. The highest BCUT2D eigenvalue weighted by Crippen LogP contribution is 2.16. The van der Waals surface area contributed by atoms with Crippen LogP contribution in [0.25, 0.3) is 0 Å². The molecule has 5 nitrogen and oxygen atoms in total. The van der Waals surface area contributed by atoms with Crippen LogP contribution in [0.2, 0.25) is 0 Å². The quantitative estimate of drug-likeness (QED) is 0.596. The summed E-state index contributed by atoms with van der Waals surface area (Å²) in [5.41, 5.74) is -0.506. The van der Waals surface area contributed by atoms with Gasteiger partial charge in [0.2, 0.25) is 0 Å². The fraction of sp³-hybridized carbons (Fsp3) is 1.00. The summed E-state index contributed by atoms with van der Waals surface area (Å²) in [6.45, 7) is 7.67. The molecule has 0 heterocycles. The summed E-state index contributed by atoms with van der Waals surface area (Å²) in [6, 6.07) is 0. The summed E-state index contributed by atoms with van der Waals surface area (Å²) in [5.74, 6) is 0. The van der Waals surface area contributed by atoms with Crippen LogP contribution in [0.15, 0.2) is 0 Å². The molecular formula is C13H29NO4. The van der Waals surface area contributed by atoms with Gasteiger partial charge >= 0.3 is 0 Å². The molecule has 0 saturated heterocycles. The van der Waals surface area contributed by atoms with Crippen molar-refractivity contribution in [3.05, 3.63) is 0 Å². The van der Waals surface area contributed by atoms with Crippen LogP contribution < -0.4 is 0 Å². The molecule has 0 aromatic rings. The monoisotopic (exact) mass is 263 g/mol. The number of ether oxygens (including phenoxy) is 3. The van der Waals surface area contributed by atoms with E-state index >= 15 is 0 Å². The Morgan fingerprint density at radius 1 is 1.00 bits per heavy atom. The molecule has 0 radical (unpaired) electrons. The third kappa shape index (κ3) is 7.28. The first-order valence-electron chi connectivity index (χ1n) is 6.41. The Morgan fingerprint density at radius 3 is 1.89 bits per heavy atom. The summed E-state index contributed by atoms with van der Waals surface area (Å²) < 4.78 is 15.4. The molecular weight excluding hydrogens is 234 g/mol. The number of rotatable bonds is 11. The Morgan fingerprint density at radius 2 is 1.50 bits per heavy atom. The maximum absolute atomic E-state index is 10.1. The zero-order valence-electron chi connectivity index (χ0n) is 12.4. The number of hydrogen-bond acceptors (Lipinski definition) is 5. The molecule has 1 N–H and O–H groups in total. The lowest BCUT2D eigenvalue weighted by molar-refractivity contribution is -0.0828. The zero-order valence-corrected chi connectivity index (χ0v) is 12.4. The number of aliphatic hydroxyl groups is 1. The second-order valence-electron chi connectivity index (χ2n) is 4.94. The van der Waals surface area contributed by atoms with Gasteiger partial charge in [-0.3, -0.25) is 4.90 Å². The summed E-state index contributed by atoms with van der Waals surface area (Å²) in [7, 11) is 5.01. The van der Waals surface area contributed by atoms with E-state index in [1.54, 1.807) is 21.3 Å². The summed E-state index contributed by atoms with van der Waals surface area (Å²) in [6.07, 6.45) is 0.198. The van der Waals surface area contributed by atoms with E-state index in [2.05, 4.69) is 4.90 Å².